The normalized spacial score (nSPS) is 10.9. The van der Waals surface area contributed by atoms with Gasteiger partial charge in [-0.1, -0.05) is 18.2 Å². The number of aromatic nitrogens is 2. The lowest BCUT2D eigenvalue weighted by Gasteiger charge is -1.99. The van der Waals surface area contributed by atoms with Gasteiger partial charge in [0.1, 0.15) is 11.5 Å². The summed E-state index contributed by atoms with van der Waals surface area (Å²) in [6.07, 6.45) is 0. The molecule has 0 aliphatic heterocycles. The lowest BCUT2D eigenvalue weighted by atomic mass is 10.2. The van der Waals surface area contributed by atoms with Gasteiger partial charge >= 0.3 is 0 Å². The van der Waals surface area contributed by atoms with Crippen molar-refractivity contribution < 1.29 is 4.79 Å². The van der Waals surface area contributed by atoms with Crippen LogP contribution in [0.4, 0.5) is 5.82 Å². The highest BCUT2D eigenvalue weighted by Gasteiger charge is 2.05. The molecule has 4 heteroatoms. The van der Waals surface area contributed by atoms with Crippen LogP contribution in [0, 0.1) is 0 Å². The first-order valence-electron chi connectivity index (χ1n) is 5.39. The van der Waals surface area contributed by atoms with Crippen molar-refractivity contribution in [2.45, 2.75) is 6.92 Å². The number of nitrogens with one attached hydrogen (secondary N) is 2. The van der Waals surface area contributed by atoms with E-state index in [4.69, 9.17) is 0 Å². The predicted molar refractivity (Wildman–Crippen MR) is 67.9 cm³/mol. The zero-order valence-electron chi connectivity index (χ0n) is 9.32. The Morgan fingerprint density at radius 1 is 1.18 bits per heavy atom. The van der Waals surface area contributed by atoms with Gasteiger partial charge in [0.25, 0.3) is 0 Å². The molecule has 84 valence electrons. The van der Waals surface area contributed by atoms with Crippen LogP contribution in [-0.4, -0.2) is 15.9 Å². The highest BCUT2D eigenvalue weighted by molar-refractivity contribution is 6.06. The number of para-hydroxylation sites is 1. The maximum Gasteiger partial charge on any atom is 0.222 e. The summed E-state index contributed by atoms with van der Waals surface area (Å²) in [5.74, 6) is 0.449. The van der Waals surface area contributed by atoms with Gasteiger partial charge in [0.05, 0.1) is 0 Å². The monoisotopic (exact) mass is 225 g/mol. The molecule has 0 saturated heterocycles. The molecule has 0 aliphatic carbocycles. The molecule has 0 atom stereocenters. The minimum Gasteiger partial charge on any atom is -0.339 e. The summed E-state index contributed by atoms with van der Waals surface area (Å²) in [4.78, 5) is 18.6. The number of benzene rings is 1. The highest BCUT2D eigenvalue weighted by Crippen LogP contribution is 2.24. The number of aromatic amines is 1. The SMILES string of the molecule is CC(=O)Nc1ccc2c(n1)[nH]c1ccccc12. The molecule has 0 radical (unpaired) electrons. The Labute approximate surface area is 97.7 Å². The number of pyridine rings is 1. The molecule has 17 heavy (non-hydrogen) atoms. The standard InChI is InChI=1S/C13H11N3O/c1-8(17)14-12-7-6-10-9-4-2-3-5-11(9)15-13(10)16-12/h2-7H,1H3,(H2,14,15,16,17). The van der Waals surface area contributed by atoms with E-state index in [1.54, 1.807) is 0 Å². The van der Waals surface area contributed by atoms with Gasteiger partial charge in [0.15, 0.2) is 0 Å². The predicted octanol–water partition coefficient (Wildman–Crippen LogP) is 2.67. The summed E-state index contributed by atoms with van der Waals surface area (Å²) in [7, 11) is 0. The van der Waals surface area contributed by atoms with E-state index in [2.05, 4.69) is 15.3 Å². The number of amides is 1. The molecule has 0 unspecified atom stereocenters. The first kappa shape index (κ1) is 9.84. The van der Waals surface area contributed by atoms with Crippen molar-refractivity contribution in [1.82, 2.24) is 9.97 Å². The number of carbonyl (C=O) groups is 1. The molecular weight excluding hydrogens is 214 g/mol. The maximum atomic E-state index is 11.0. The Hall–Kier alpha value is -2.36. The van der Waals surface area contributed by atoms with E-state index in [-0.39, 0.29) is 5.91 Å². The van der Waals surface area contributed by atoms with E-state index in [1.807, 2.05) is 36.4 Å². The van der Waals surface area contributed by atoms with Crippen molar-refractivity contribution in [3.05, 3.63) is 36.4 Å². The zero-order chi connectivity index (χ0) is 11.8. The third-order valence-corrected chi connectivity index (χ3v) is 2.67. The lowest BCUT2D eigenvalue weighted by molar-refractivity contribution is -0.114. The number of hydrogen-bond donors (Lipinski definition) is 2. The first-order valence-corrected chi connectivity index (χ1v) is 5.39. The topological polar surface area (TPSA) is 57.8 Å². The van der Waals surface area contributed by atoms with Crippen LogP contribution in [0.5, 0.6) is 0 Å². The fourth-order valence-electron chi connectivity index (χ4n) is 1.98. The van der Waals surface area contributed by atoms with Crippen molar-refractivity contribution in [3.63, 3.8) is 0 Å². The number of carbonyl (C=O) groups excluding carboxylic acids is 1. The Balaban J connectivity index is 2.23. The van der Waals surface area contributed by atoms with Crippen molar-refractivity contribution in [1.29, 1.82) is 0 Å². The van der Waals surface area contributed by atoms with E-state index >= 15 is 0 Å². The molecule has 0 fully saturated rings. The molecule has 3 aromatic rings. The highest BCUT2D eigenvalue weighted by atomic mass is 16.1. The number of nitrogens with zero attached hydrogens (tertiary/aromatic N) is 1. The van der Waals surface area contributed by atoms with Crippen LogP contribution in [-0.2, 0) is 4.79 Å². The molecule has 2 aromatic heterocycles. The maximum absolute atomic E-state index is 11.0. The average Bonchev–Trinajstić information content (AvgIpc) is 2.65. The van der Waals surface area contributed by atoms with Gasteiger partial charge in [-0.05, 0) is 18.2 Å². The average molecular weight is 225 g/mol. The van der Waals surface area contributed by atoms with Gasteiger partial charge in [-0.2, -0.15) is 0 Å². The largest absolute Gasteiger partial charge is 0.339 e. The summed E-state index contributed by atoms with van der Waals surface area (Å²) >= 11 is 0. The quantitative estimate of drug-likeness (QED) is 0.669. The Morgan fingerprint density at radius 3 is 2.82 bits per heavy atom. The van der Waals surface area contributed by atoms with Crippen molar-refractivity contribution in [2.75, 3.05) is 5.32 Å². The third-order valence-electron chi connectivity index (χ3n) is 2.67. The second-order valence-electron chi connectivity index (χ2n) is 3.94. The molecule has 1 aromatic carbocycles. The van der Waals surface area contributed by atoms with Crippen LogP contribution in [0.1, 0.15) is 6.92 Å². The van der Waals surface area contributed by atoms with Crippen LogP contribution in [0.2, 0.25) is 0 Å². The van der Waals surface area contributed by atoms with Gasteiger partial charge in [0.2, 0.25) is 5.91 Å². The smallest absolute Gasteiger partial charge is 0.222 e. The minimum absolute atomic E-state index is 0.118. The van der Waals surface area contributed by atoms with Crippen LogP contribution >= 0.6 is 0 Å². The Kier molecular flexibility index (Phi) is 2.08. The number of fused-ring (bicyclic) bond motifs is 3. The number of anilines is 1. The molecule has 1 amide bonds. The second-order valence-corrected chi connectivity index (χ2v) is 3.94. The van der Waals surface area contributed by atoms with Crippen molar-refractivity contribution >= 4 is 33.7 Å². The van der Waals surface area contributed by atoms with Crippen molar-refractivity contribution in [2.24, 2.45) is 0 Å². The number of rotatable bonds is 1. The van der Waals surface area contributed by atoms with E-state index in [9.17, 15) is 4.79 Å². The van der Waals surface area contributed by atoms with E-state index in [0.717, 1.165) is 21.9 Å². The summed E-state index contributed by atoms with van der Waals surface area (Å²) in [5.41, 5.74) is 1.84. The molecule has 3 rings (SSSR count). The lowest BCUT2D eigenvalue weighted by Crippen LogP contribution is -2.06. The van der Waals surface area contributed by atoms with E-state index in [0.29, 0.717) is 5.82 Å². The Bertz CT molecular complexity index is 715. The molecular formula is C13H11N3O. The summed E-state index contributed by atoms with van der Waals surface area (Å²) in [6, 6.07) is 11.8. The zero-order valence-corrected chi connectivity index (χ0v) is 9.32. The first-order chi connectivity index (χ1) is 8.24. The van der Waals surface area contributed by atoms with Gasteiger partial charge in [0, 0.05) is 23.2 Å². The van der Waals surface area contributed by atoms with E-state index in [1.165, 1.54) is 6.92 Å². The number of H-pyrrole nitrogens is 1. The van der Waals surface area contributed by atoms with Crippen molar-refractivity contribution in [3.8, 4) is 0 Å². The van der Waals surface area contributed by atoms with Crippen LogP contribution in [0.3, 0.4) is 0 Å². The van der Waals surface area contributed by atoms with Gasteiger partial charge in [-0.3, -0.25) is 4.79 Å². The van der Waals surface area contributed by atoms with Gasteiger partial charge < -0.3 is 10.3 Å². The van der Waals surface area contributed by atoms with Gasteiger partial charge in [-0.15, -0.1) is 0 Å². The molecule has 2 N–H and O–H groups in total. The van der Waals surface area contributed by atoms with Gasteiger partial charge in [-0.25, -0.2) is 4.98 Å². The summed E-state index contributed by atoms with van der Waals surface area (Å²) < 4.78 is 0. The number of hydrogen-bond acceptors (Lipinski definition) is 2. The summed E-state index contributed by atoms with van der Waals surface area (Å²) in [6.45, 7) is 1.47. The molecule has 0 saturated carbocycles. The fourth-order valence-corrected chi connectivity index (χ4v) is 1.98. The molecule has 0 aliphatic rings. The minimum atomic E-state index is -0.118. The second kappa shape index (κ2) is 3.59. The van der Waals surface area contributed by atoms with Crippen LogP contribution < -0.4 is 5.32 Å². The molecule has 2 heterocycles. The summed E-state index contributed by atoms with van der Waals surface area (Å²) in [5, 5.41) is 4.88. The molecule has 4 nitrogen and oxygen atoms in total. The van der Waals surface area contributed by atoms with Crippen LogP contribution in [0.25, 0.3) is 21.9 Å². The fraction of sp³-hybridized carbons (Fsp3) is 0.0769. The third kappa shape index (κ3) is 1.63. The van der Waals surface area contributed by atoms with Crippen LogP contribution in [0.15, 0.2) is 36.4 Å². The molecule has 0 spiro atoms. The molecule has 0 bridgehead atoms. The van der Waals surface area contributed by atoms with E-state index < -0.39 is 0 Å². The Morgan fingerprint density at radius 2 is 2.00 bits per heavy atom.